The van der Waals surface area contributed by atoms with Crippen LogP contribution in [0.4, 0.5) is 0 Å². The van der Waals surface area contributed by atoms with E-state index in [4.69, 9.17) is 0 Å². The lowest BCUT2D eigenvalue weighted by Crippen LogP contribution is -1.90. The van der Waals surface area contributed by atoms with Crippen molar-refractivity contribution in [3.63, 3.8) is 0 Å². The van der Waals surface area contributed by atoms with Gasteiger partial charge in [-0.05, 0) is 12.2 Å². The average molecular weight is 134 g/mol. The maximum absolute atomic E-state index is 4.09. The summed E-state index contributed by atoms with van der Waals surface area (Å²) in [7, 11) is 0. The van der Waals surface area contributed by atoms with Crippen molar-refractivity contribution in [3.8, 4) is 0 Å². The van der Waals surface area contributed by atoms with Crippen LogP contribution < -0.4 is 0 Å². The smallest absolute Gasteiger partial charge is 0.127 e. The van der Waals surface area contributed by atoms with Crippen molar-refractivity contribution < 1.29 is 0 Å². The van der Waals surface area contributed by atoms with Gasteiger partial charge < -0.3 is 0 Å². The van der Waals surface area contributed by atoms with Crippen LogP contribution in [-0.4, -0.2) is 12.1 Å². The number of aliphatic imine (C=N–C) groups is 2. The van der Waals surface area contributed by atoms with Gasteiger partial charge in [0.15, 0.2) is 0 Å². The number of hydrogen-bond acceptors (Lipinski definition) is 2. The molecule has 52 valence electrons. The summed E-state index contributed by atoms with van der Waals surface area (Å²) in [4.78, 5) is 8.18. The summed E-state index contributed by atoms with van der Waals surface area (Å²) < 4.78 is 0. The van der Waals surface area contributed by atoms with Gasteiger partial charge in [-0.3, -0.25) is 0 Å². The molecule has 1 aliphatic rings. The summed E-state index contributed by atoms with van der Waals surface area (Å²) in [6.07, 6.45) is 10.1. The third-order valence-corrected chi connectivity index (χ3v) is 1.16. The quantitative estimate of drug-likeness (QED) is 0.523. The van der Waals surface area contributed by atoms with E-state index in [9.17, 15) is 0 Å². The third kappa shape index (κ3) is 1.97. The highest BCUT2D eigenvalue weighted by atomic mass is 14.9. The topological polar surface area (TPSA) is 24.7 Å². The predicted octanol–water partition coefficient (Wildman–Crippen LogP) is 1.95. The van der Waals surface area contributed by atoms with Crippen LogP contribution in [0.2, 0.25) is 0 Å². The number of rotatable bonds is 1. The first kappa shape index (κ1) is 6.93. The van der Waals surface area contributed by atoms with E-state index >= 15 is 0 Å². The number of amidine groups is 1. The number of nitrogens with zero attached hydrogens (tertiary/aromatic N) is 2. The Morgan fingerprint density at radius 3 is 3.00 bits per heavy atom. The van der Waals surface area contributed by atoms with Gasteiger partial charge in [-0.1, -0.05) is 13.0 Å². The van der Waals surface area contributed by atoms with Crippen molar-refractivity contribution in [2.24, 2.45) is 9.98 Å². The SMILES string of the molecule is CCC1=NC=CC=CC=N1. The van der Waals surface area contributed by atoms with Gasteiger partial charge in [0.25, 0.3) is 0 Å². The summed E-state index contributed by atoms with van der Waals surface area (Å²) in [5.74, 6) is 0.876. The first-order valence-corrected chi connectivity index (χ1v) is 3.36. The molecule has 0 aromatic rings. The van der Waals surface area contributed by atoms with Crippen LogP contribution in [-0.2, 0) is 0 Å². The van der Waals surface area contributed by atoms with Crippen molar-refractivity contribution >= 4 is 12.1 Å². The molecule has 1 heterocycles. The highest BCUT2D eigenvalue weighted by molar-refractivity contribution is 5.92. The van der Waals surface area contributed by atoms with E-state index in [0.717, 1.165) is 12.3 Å². The predicted molar refractivity (Wildman–Crippen MR) is 44.5 cm³/mol. The zero-order chi connectivity index (χ0) is 7.23. The normalized spacial score (nSPS) is 16.3. The molecule has 0 saturated heterocycles. The summed E-state index contributed by atoms with van der Waals surface area (Å²) in [5.41, 5.74) is 0. The van der Waals surface area contributed by atoms with E-state index in [-0.39, 0.29) is 0 Å². The first-order valence-electron chi connectivity index (χ1n) is 3.36. The lowest BCUT2D eigenvalue weighted by Gasteiger charge is -1.92. The molecule has 0 radical (unpaired) electrons. The molecule has 2 nitrogen and oxygen atoms in total. The van der Waals surface area contributed by atoms with Crippen LogP contribution in [0.1, 0.15) is 13.3 Å². The largest absolute Gasteiger partial charge is 0.241 e. The molecule has 0 amide bonds. The van der Waals surface area contributed by atoms with Gasteiger partial charge >= 0.3 is 0 Å². The van der Waals surface area contributed by atoms with E-state index in [1.807, 2.05) is 25.2 Å². The minimum atomic E-state index is 0.876. The Labute approximate surface area is 60.7 Å². The van der Waals surface area contributed by atoms with Gasteiger partial charge in [0.05, 0.1) is 0 Å². The molecule has 0 fully saturated rings. The minimum absolute atomic E-state index is 0.876. The Balaban J connectivity index is 2.73. The second kappa shape index (κ2) is 3.77. The Morgan fingerprint density at radius 1 is 1.30 bits per heavy atom. The lowest BCUT2D eigenvalue weighted by molar-refractivity contribution is 1.23. The number of hydrogen-bond donors (Lipinski definition) is 0. The van der Waals surface area contributed by atoms with Gasteiger partial charge in [-0.15, -0.1) is 0 Å². The van der Waals surface area contributed by atoms with Crippen molar-refractivity contribution in [1.82, 2.24) is 0 Å². The Morgan fingerprint density at radius 2 is 2.20 bits per heavy atom. The van der Waals surface area contributed by atoms with Crippen LogP contribution in [0.3, 0.4) is 0 Å². The molecule has 1 rings (SSSR count). The highest BCUT2D eigenvalue weighted by Gasteiger charge is 1.87. The van der Waals surface area contributed by atoms with Crippen LogP contribution >= 0.6 is 0 Å². The van der Waals surface area contributed by atoms with Crippen molar-refractivity contribution in [3.05, 3.63) is 24.4 Å². The Bertz CT molecular complexity index is 209. The molecular formula is C8H10N2. The van der Waals surface area contributed by atoms with Crippen molar-refractivity contribution in [1.29, 1.82) is 0 Å². The minimum Gasteiger partial charge on any atom is -0.241 e. The summed E-state index contributed by atoms with van der Waals surface area (Å²) >= 11 is 0. The van der Waals surface area contributed by atoms with Crippen LogP contribution in [0.25, 0.3) is 0 Å². The zero-order valence-electron chi connectivity index (χ0n) is 5.99. The molecule has 0 saturated carbocycles. The fraction of sp³-hybridized carbons (Fsp3) is 0.250. The van der Waals surface area contributed by atoms with Crippen LogP contribution in [0.5, 0.6) is 0 Å². The molecule has 0 spiro atoms. The van der Waals surface area contributed by atoms with Crippen LogP contribution in [0.15, 0.2) is 34.4 Å². The molecule has 2 heteroatoms. The molecule has 0 aromatic heterocycles. The number of allylic oxidation sites excluding steroid dienone is 3. The third-order valence-electron chi connectivity index (χ3n) is 1.16. The zero-order valence-corrected chi connectivity index (χ0v) is 5.99. The molecule has 10 heavy (non-hydrogen) atoms. The van der Waals surface area contributed by atoms with Crippen LogP contribution in [0, 0.1) is 0 Å². The molecule has 0 aromatic carbocycles. The van der Waals surface area contributed by atoms with E-state index in [1.165, 1.54) is 0 Å². The molecule has 0 unspecified atom stereocenters. The molecule has 1 aliphatic heterocycles. The van der Waals surface area contributed by atoms with Gasteiger partial charge in [0, 0.05) is 18.8 Å². The summed E-state index contributed by atoms with van der Waals surface area (Å²) in [5, 5.41) is 0. The van der Waals surface area contributed by atoms with Gasteiger partial charge in [0.1, 0.15) is 5.84 Å². The molecule has 0 aliphatic carbocycles. The van der Waals surface area contributed by atoms with E-state index in [2.05, 4.69) is 9.98 Å². The fourth-order valence-electron chi connectivity index (χ4n) is 0.638. The summed E-state index contributed by atoms with van der Waals surface area (Å²) in [6.45, 7) is 2.04. The molecule has 0 N–H and O–H groups in total. The van der Waals surface area contributed by atoms with E-state index in [1.54, 1.807) is 12.4 Å². The highest BCUT2D eigenvalue weighted by Crippen LogP contribution is 1.91. The van der Waals surface area contributed by atoms with Gasteiger partial charge in [-0.25, -0.2) is 9.98 Å². The monoisotopic (exact) mass is 134 g/mol. The van der Waals surface area contributed by atoms with Gasteiger partial charge in [-0.2, -0.15) is 0 Å². The molecule has 0 bridgehead atoms. The maximum atomic E-state index is 4.09. The molecular weight excluding hydrogens is 124 g/mol. The van der Waals surface area contributed by atoms with E-state index in [0.29, 0.717) is 0 Å². The van der Waals surface area contributed by atoms with Crippen molar-refractivity contribution in [2.45, 2.75) is 13.3 Å². The van der Waals surface area contributed by atoms with Crippen molar-refractivity contribution in [2.75, 3.05) is 0 Å². The summed E-state index contributed by atoms with van der Waals surface area (Å²) in [6, 6.07) is 0. The fourth-order valence-corrected chi connectivity index (χ4v) is 0.638. The van der Waals surface area contributed by atoms with E-state index < -0.39 is 0 Å². The second-order valence-corrected chi connectivity index (χ2v) is 1.90. The van der Waals surface area contributed by atoms with Gasteiger partial charge in [0.2, 0.25) is 0 Å². The average Bonchev–Trinajstić information content (AvgIpc) is 1.87. The second-order valence-electron chi connectivity index (χ2n) is 1.90. The molecule has 0 atom stereocenters. The Kier molecular flexibility index (Phi) is 2.62. The first-order chi connectivity index (χ1) is 4.93. The standard InChI is InChI=1S/C8H10N2/c1-2-8-9-6-4-3-5-7-10-8/h3-7H,2H2,1H3. The lowest BCUT2D eigenvalue weighted by atomic mass is 10.4. The Hall–Kier alpha value is -1.18. The maximum Gasteiger partial charge on any atom is 0.127 e.